The maximum atomic E-state index is 12.2. The molecule has 4 heteroatoms. The van der Waals surface area contributed by atoms with E-state index in [2.05, 4.69) is 15.9 Å². The molecule has 1 rings (SSSR count). The van der Waals surface area contributed by atoms with Gasteiger partial charge in [-0.3, -0.25) is 5.21 Å². The molecule has 1 aliphatic heterocycles. The number of hydroxylamine groups is 2. The lowest BCUT2D eigenvalue weighted by atomic mass is 10.4. The Balaban J connectivity index is 2.70. The molecule has 1 heterocycles. The van der Waals surface area contributed by atoms with Crippen molar-refractivity contribution >= 4 is 15.9 Å². The van der Waals surface area contributed by atoms with Gasteiger partial charge < -0.3 is 0 Å². The molecule has 0 bridgehead atoms. The minimum Gasteiger partial charge on any atom is -0.288 e. The Morgan fingerprint density at radius 2 is 2.44 bits per heavy atom. The molecule has 50 valence electrons. The highest BCUT2D eigenvalue weighted by atomic mass is 79.9. The molecule has 1 unspecified atom stereocenters. The Bertz CT molecular complexity index is 168. The predicted octanol–water partition coefficient (Wildman–Crippen LogP) is 1.78. The molecular weight excluding hydrogens is 189 g/mol. The van der Waals surface area contributed by atoms with Crippen molar-refractivity contribution in [3.05, 3.63) is 24.2 Å². The Kier molecular flexibility index (Phi) is 1.87. The monoisotopic (exact) mass is 193 g/mol. The highest BCUT2D eigenvalue weighted by molar-refractivity contribution is 9.09. The molecule has 0 saturated carbocycles. The number of alkyl halides is 1. The van der Waals surface area contributed by atoms with Gasteiger partial charge in [0.2, 0.25) is 0 Å². The van der Waals surface area contributed by atoms with Gasteiger partial charge in [-0.2, -0.15) is 0 Å². The first-order valence-corrected chi connectivity index (χ1v) is 3.28. The Morgan fingerprint density at radius 1 is 1.78 bits per heavy atom. The van der Waals surface area contributed by atoms with Crippen molar-refractivity contribution in [2.75, 3.05) is 0 Å². The lowest BCUT2D eigenvalue weighted by Crippen LogP contribution is -2.21. The van der Waals surface area contributed by atoms with Crippen LogP contribution >= 0.6 is 15.9 Å². The highest BCUT2D eigenvalue weighted by Crippen LogP contribution is 2.16. The van der Waals surface area contributed by atoms with Gasteiger partial charge in [-0.05, 0) is 12.2 Å². The number of hydrogen-bond donors (Lipinski definition) is 1. The molecule has 9 heavy (non-hydrogen) atoms. The summed E-state index contributed by atoms with van der Waals surface area (Å²) in [6.45, 7) is 0. The molecule has 0 amide bonds. The van der Waals surface area contributed by atoms with Crippen LogP contribution in [0.3, 0.4) is 0 Å². The molecule has 0 aromatic carbocycles. The van der Waals surface area contributed by atoms with E-state index in [1.165, 1.54) is 18.4 Å². The van der Waals surface area contributed by atoms with Crippen molar-refractivity contribution < 1.29 is 9.60 Å². The summed E-state index contributed by atoms with van der Waals surface area (Å²) < 4.78 is 12.2. The molecule has 0 aromatic rings. The zero-order valence-corrected chi connectivity index (χ0v) is 6.05. The number of hydrogen-bond acceptors (Lipinski definition) is 2. The zero-order valence-electron chi connectivity index (χ0n) is 4.46. The van der Waals surface area contributed by atoms with Crippen molar-refractivity contribution in [2.45, 2.75) is 4.95 Å². The van der Waals surface area contributed by atoms with Gasteiger partial charge >= 0.3 is 0 Å². The van der Waals surface area contributed by atoms with Crippen LogP contribution in [-0.4, -0.2) is 15.2 Å². The standard InChI is InChI=1S/C5H5BrFNO/c6-5-3-4(7)1-2-8(5)9/h1-3,5,9H. The summed E-state index contributed by atoms with van der Waals surface area (Å²) in [5.41, 5.74) is 0. The van der Waals surface area contributed by atoms with E-state index in [0.29, 0.717) is 0 Å². The average molecular weight is 194 g/mol. The van der Waals surface area contributed by atoms with Gasteiger partial charge in [-0.25, -0.2) is 9.45 Å². The average Bonchev–Trinajstić information content (AvgIpc) is 1.80. The molecular formula is C5H5BrFNO. The Morgan fingerprint density at radius 3 is 2.89 bits per heavy atom. The van der Waals surface area contributed by atoms with Crippen LogP contribution in [0.5, 0.6) is 0 Å². The molecule has 1 N–H and O–H groups in total. The first kappa shape index (κ1) is 6.77. The van der Waals surface area contributed by atoms with Crippen molar-refractivity contribution in [1.82, 2.24) is 5.06 Å². The van der Waals surface area contributed by atoms with Gasteiger partial charge in [0, 0.05) is 6.20 Å². The van der Waals surface area contributed by atoms with Gasteiger partial charge in [0.1, 0.15) is 10.8 Å². The van der Waals surface area contributed by atoms with E-state index < -0.39 is 4.95 Å². The summed E-state index contributed by atoms with van der Waals surface area (Å²) in [5.74, 6) is -0.345. The van der Waals surface area contributed by atoms with Crippen LogP contribution in [0.1, 0.15) is 0 Å². The van der Waals surface area contributed by atoms with Crippen molar-refractivity contribution in [2.24, 2.45) is 0 Å². The minimum atomic E-state index is -0.442. The van der Waals surface area contributed by atoms with Gasteiger partial charge in [0.05, 0.1) is 0 Å². The largest absolute Gasteiger partial charge is 0.288 e. The zero-order chi connectivity index (χ0) is 6.85. The number of halogens is 2. The van der Waals surface area contributed by atoms with Crippen molar-refractivity contribution in [3.8, 4) is 0 Å². The number of allylic oxidation sites excluding steroid dienone is 2. The summed E-state index contributed by atoms with van der Waals surface area (Å²) >= 11 is 3.00. The molecule has 0 spiro atoms. The molecule has 0 fully saturated rings. The summed E-state index contributed by atoms with van der Waals surface area (Å²) in [6.07, 6.45) is 3.67. The maximum absolute atomic E-state index is 12.2. The third kappa shape index (κ3) is 1.53. The second-order valence-corrected chi connectivity index (χ2v) is 2.56. The van der Waals surface area contributed by atoms with Crippen LogP contribution in [0.15, 0.2) is 24.2 Å². The normalized spacial score (nSPS) is 26.3. The maximum Gasteiger partial charge on any atom is 0.131 e. The summed E-state index contributed by atoms with van der Waals surface area (Å²) in [5, 5.41) is 9.65. The molecule has 2 nitrogen and oxygen atoms in total. The van der Waals surface area contributed by atoms with E-state index in [-0.39, 0.29) is 5.83 Å². The third-order valence-electron chi connectivity index (χ3n) is 0.936. The van der Waals surface area contributed by atoms with Crippen LogP contribution in [-0.2, 0) is 0 Å². The fourth-order valence-corrected chi connectivity index (χ4v) is 0.882. The quantitative estimate of drug-likeness (QED) is 0.469. The second-order valence-electron chi connectivity index (χ2n) is 1.62. The minimum absolute atomic E-state index is 0.345. The van der Waals surface area contributed by atoms with Gasteiger partial charge in [-0.1, -0.05) is 15.9 Å². The van der Waals surface area contributed by atoms with Crippen LogP contribution in [0.4, 0.5) is 4.39 Å². The molecule has 0 aromatic heterocycles. The third-order valence-corrected chi connectivity index (χ3v) is 1.62. The van der Waals surface area contributed by atoms with Gasteiger partial charge in [-0.15, -0.1) is 0 Å². The van der Waals surface area contributed by atoms with Crippen LogP contribution in [0, 0.1) is 0 Å². The predicted molar refractivity (Wildman–Crippen MR) is 34.7 cm³/mol. The summed E-state index contributed by atoms with van der Waals surface area (Å²) in [6, 6.07) is 0. The van der Waals surface area contributed by atoms with E-state index in [1.807, 2.05) is 0 Å². The lowest BCUT2D eigenvalue weighted by Gasteiger charge is -2.18. The smallest absolute Gasteiger partial charge is 0.131 e. The van der Waals surface area contributed by atoms with E-state index in [9.17, 15) is 4.39 Å². The van der Waals surface area contributed by atoms with E-state index in [4.69, 9.17) is 5.21 Å². The molecule has 1 aliphatic rings. The molecule has 1 atom stereocenters. The van der Waals surface area contributed by atoms with Gasteiger partial charge in [0.25, 0.3) is 0 Å². The molecule has 0 aliphatic carbocycles. The van der Waals surface area contributed by atoms with E-state index in [0.717, 1.165) is 5.06 Å². The van der Waals surface area contributed by atoms with E-state index >= 15 is 0 Å². The SMILES string of the molecule is ON1C=CC(F)=CC1Br. The fraction of sp³-hybridized carbons (Fsp3) is 0.200. The molecule has 0 radical (unpaired) electrons. The summed E-state index contributed by atoms with van der Waals surface area (Å²) in [4.78, 5) is -0.442. The van der Waals surface area contributed by atoms with Gasteiger partial charge in [0.15, 0.2) is 0 Å². The highest BCUT2D eigenvalue weighted by Gasteiger charge is 2.10. The first-order valence-electron chi connectivity index (χ1n) is 2.37. The van der Waals surface area contributed by atoms with Crippen LogP contribution in [0.25, 0.3) is 0 Å². The Hall–Kier alpha value is -0.350. The van der Waals surface area contributed by atoms with Crippen molar-refractivity contribution in [1.29, 1.82) is 0 Å². The van der Waals surface area contributed by atoms with Crippen LogP contribution in [0.2, 0.25) is 0 Å². The number of rotatable bonds is 0. The topological polar surface area (TPSA) is 23.5 Å². The first-order chi connectivity index (χ1) is 4.20. The summed E-state index contributed by atoms with van der Waals surface area (Å²) in [7, 11) is 0. The second kappa shape index (κ2) is 2.49. The molecule has 0 saturated heterocycles. The van der Waals surface area contributed by atoms with Crippen molar-refractivity contribution in [3.63, 3.8) is 0 Å². The van der Waals surface area contributed by atoms with E-state index in [1.54, 1.807) is 0 Å². The number of nitrogens with zero attached hydrogens (tertiary/aromatic N) is 1. The fourth-order valence-electron chi connectivity index (χ4n) is 0.493. The Labute approximate surface area is 60.4 Å². The van der Waals surface area contributed by atoms with Crippen LogP contribution < -0.4 is 0 Å². The lowest BCUT2D eigenvalue weighted by molar-refractivity contribution is -0.0398.